The van der Waals surface area contributed by atoms with E-state index in [4.69, 9.17) is 9.72 Å². The van der Waals surface area contributed by atoms with E-state index in [2.05, 4.69) is 22.2 Å². The first kappa shape index (κ1) is 16.5. The molecule has 8 heteroatoms. The van der Waals surface area contributed by atoms with Crippen LogP contribution in [-0.4, -0.2) is 80.8 Å². The Morgan fingerprint density at radius 1 is 1.30 bits per heavy atom. The van der Waals surface area contributed by atoms with Crippen molar-refractivity contribution in [1.82, 2.24) is 20.1 Å². The van der Waals surface area contributed by atoms with E-state index >= 15 is 0 Å². The summed E-state index contributed by atoms with van der Waals surface area (Å²) >= 11 is 1.74. The Bertz CT molecular complexity index is 542. The van der Waals surface area contributed by atoms with Crippen molar-refractivity contribution >= 4 is 22.5 Å². The molecule has 0 aliphatic carbocycles. The van der Waals surface area contributed by atoms with E-state index in [1.54, 1.807) is 18.4 Å². The molecular weight excluding hydrogens is 314 g/mol. The van der Waals surface area contributed by atoms with Crippen LogP contribution in [-0.2, 0) is 17.7 Å². The topological polar surface area (TPSA) is 60.9 Å². The second kappa shape index (κ2) is 7.46. The van der Waals surface area contributed by atoms with Gasteiger partial charge in [0, 0.05) is 57.7 Å². The first-order valence-corrected chi connectivity index (χ1v) is 8.93. The quantitative estimate of drug-likeness (QED) is 0.815. The lowest BCUT2D eigenvalue weighted by atomic mass is 10.2. The lowest BCUT2D eigenvalue weighted by Gasteiger charge is -2.32. The summed E-state index contributed by atoms with van der Waals surface area (Å²) in [5.74, 6) is 0. The molecule has 23 heavy (non-hydrogen) atoms. The zero-order valence-corrected chi connectivity index (χ0v) is 14.7. The van der Waals surface area contributed by atoms with Crippen molar-refractivity contribution in [2.24, 2.45) is 0 Å². The Hall–Kier alpha value is -1.38. The van der Waals surface area contributed by atoms with E-state index in [9.17, 15) is 4.79 Å². The van der Waals surface area contributed by atoms with Gasteiger partial charge >= 0.3 is 6.03 Å². The molecule has 2 aliphatic rings. The maximum absolute atomic E-state index is 12.2. The predicted octanol–water partition coefficient (Wildman–Crippen LogP) is 0.609. The van der Waals surface area contributed by atoms with Crippen molar-refractivity contribution in [1.29, 1.82) is 0 Å². The Morgan fingerprint density at radius 3 is 2.83 bits per heavy atom. The number of carbonyl (C=O) groups is 1. The van der Waals surface area contributed by atoms with Gasteiger partial charge in [0.25, 0.3) is 0 Å². The number of likely N-dealkylation sites (N-methyl/N-ethyl adjacent to an activating group) is 1. The van der Waals surface area contributed by atoms with E-state index in [1.165, 1.54) is 10.6 Å². The summed E-state index contributed by atoms with van der Waals surface area (Å²) < 4.78 is 4.96. The SMILES string of the molecule is COCCNC(=O)N1CCc2nc(N3CCN(C)CC3)sc2C1. The van der Waals surface area contributed by atoms with Gasteiger partial charge in [-0.2, -0.15) is 0 Å². The summed E-state index contributed by atoms with van der Waals surface area (Å²) in [4.78, 5) is 24.8. The van der Waals surface area contributed by atoms with Crippen LogP contribution in [0.3, 0.4) is 0 Å². The fraction of sp³-hybridized carbons (Fsp3) is 0.733. The molecule has 2 aliphatic heterocycles. The monoisotopic (exact) mass is 339 g/mol. The average molecular weight is 339 g/mol. The number of anilines is 1. The summed E-state index contributed by atoms with van der Waals surface area (Å²) in [7, 11) is 3.79. The third kappa shape index (κ3) is 3.94. The van der Waals surface area contributed by atoms with Crippen LogP contribution in [0.1, 0.15) is 10.6 Å². The first-order chi connectivity index (χ1) is 11.2. The van der Waals surface area contributed by atoms with Gasteiger partial charge in [-0.25, -0.2) is 9.78 Å². The van der Waals surface area contributed by atoms with Gasteiger partial charge in [-0.1, -0.05) is 11.3 Å². The highest BCUT2D eigenvalue weighted by molar-refractivity contribution is 7.15. The van der Waals surface area contributed by atoms with Gasteiger partial charge in [-0.15, -0.1) is 0 Å². The minimum Gasteiger partial charge on any atom is -0.383 e. The molecule has 1 aromatic rings. The van der Waals surface area contributed by atoms with Crippen LogP contribution in [0.5, 0.6) is 0 Å². The Labute approximate surface area is 141 Å². The molecule has 0 spiro atoms. The highest BCUT2D eigenvalue weighted by Gasteiger charge is 2.26. The molecule has 0 aromatic carbocycles. The van der Waals surface area contributed by atoms with Crippen LogP contribution in [0.25, 0.3) is 0 Å². The van der Waals surface area contributed by atoms with Crippen molar-refractivity contribution in [2.75, 3.05) is 64.9 Å². The maximum Gasteiger partial charge on any atom is 0.317 e. The van der Waals surface area contributed by atoms with Crippen molar-refractivity contribution in [3.63, 3.8) is 0 Å². The van der Waals surface area contributed by atoms with Gasteiger partial charge in [0.2, 0.25) is 0 Å². The molecule has 0 unspecified atom stereocenters. The number of piperazine rings is 1. The number of urea groups is 1. The number of thiazole rings is 1. The number of nitrogens with one attached hydrogen (secondary N) is 1. The van der Waals surface area contributed by atoms with E-state index in [0.717, 1.165) is 44.3 Å². The summed E-state index contributed by atoms with van der Waals surface area (Å²) in [5.41, 5.74) is 1.17. The molecule has 2 amide bonds. The fourth-order valence-corrected chi connectivity index (χ4v) is 4.03. The molecule has 128 valence electrons. The van der Waals surface area contributed by atoms with Crippen LogP contribution in [0, 0.1) is 0 Å². The summed E-state index contributed by atoms with van der Waals surface area (Å²) in [6.45, 7) is 6.72. The second-order valence-electron chi connectivity index (χ2n) is 6.05. The maximum atomic E-state index is 12.2. The molecule has 1 aromatic heterocycles. The van der Waals surface area contributed by atoms with Crippen molar-refractivity contribution in [3.8, 4) is 0 Å². The molecule has 3 heterocycles. The minimum absolute atomic E-state index is 0.0118. The number of methoxy groups -OCH3 is 1. The minimum atomic E-state index is -0.0118. The van der Waals surface area contributed by atoms with Crippen LogP contribution < -0.4 is 10.2 Å². The van der Waals surface area contributed by atoms with Gasteiger partial charge in [0.05, 0.1) is 18.8 Å². The number of hydrogen-bond acceptors (Lipinski definition) is 6. The average Bonchev–Trinajstić information content (AvgIpc) is 2.98. The molecule has 0 bridgehead atoms. The summed E-state index contributed by atoms with van der Waals surface area (Å²) in [6, 6.07) is -0.0118. The highest BCUT2D eigenvalue weighted by atomic mass is 32.1. The standard InChI is InChI=1S/C15H25N5O2S/c1-18-6-8-19(9-7-18)15-17-12-3-5-20(11-13(12)23-15)14(21)16-4-10-22-2/h3-11H2,1-2H3,(H,16,21). The molecular formula is C15H25N5O2S. The van der Waals surface area contributed by atoms with Crippen molar-refractivity contribution in [3.05, 3.63) is 10.6 Å². The lowest BCUT2D eigenvalue weighted by Crippen LogP contribution is -2.44. The number of amides is 2. The van der Waals surface area contributed by atoms with Crippen LogP contribution in [0.4, 0.5) is 9.93 Å². The van der Waals surface area contributed by atoms with Gasteiger partial charge in [0.15, 0.2) is 5.13 Å². The number of nitrogens with zero attached hydrogens (tertiary/aromatic N) is 4. The van der Waals surface area contributed by atoms with Crippen molar-refractivity contribution in [2.45, 2.75) is 13.0 Å². The molecule has 1 fully saturated rings. The number of rotatable bonds is 4. The highest BCUT2D eigenvalue weighted by Crippen LogP contribution is 2.31. The zero-order valence-electron chi connectivity index (χ0n) is 13.9. The molecule has 0 radical (unpaired) electrons. The van der Waals surface area contributed by atoms with Crippen molar-refractivity contribution < 1.29 is 9.53 Å². The van der Waals surface area contributed by atoms with Crippen LogP contribution >= 0.6 is 11.3 Å². The molecule has 1 saturated heterocycles. The van der Waals surface area contributed by atoms with Crippen LogP contribution in [0.2, 0.25) is 0 Å². The largest absolute Gasteiger partial charge is 0.383 e. The zero-order chi connectivity index (χ0) is 16.2. The molecule has 1 N–H and O–H groups in total. The first-order valence-electron chi connectivity index (χ1n) is 8.11. The smallest absolute Gasteiger partial charge is 0.317 e. The van der Waals surface area contributed by atoms with E-state index in [1.807, 2.05) is 4.90 Å². The molecule has 7 nitrogen and oxygen atoms in total. The second-order valence-corrected chi connectivity index (χ2v) is 7.11. The Balaban J connectivity index is 1.59. The number of fused-ring (bicyclic) bond motifs is 1. The van der Waals surface area contributed by atoms with Gasteiger partial charge in [0.1, 0.15) is 0 Å². The third-order valence-corrected chi connectivity index (χ3v) is 5.51. The number of aromatic nitrogens is 1. The van der Waals surface area contributed by atoms with Gasteiger partial charge in [-0.3, -0.25) is 0 Å². The summed E-state index contributed by atoms with van der Waals surface area (Å²) in [6.07, 6.45) is 0.845. The lowest BCUT2D eigenvalue weighted by molar-refractivity contribution is 0.176. The van der Waals surface area contributed by atoms with E-state index in [0.29, 0.717) is 19.7 Å². The van der Waals surface area contributed by atoms with Crippen LogP contribution in [0.15, 0.2) is 0 Å². The third-order valence-electron chi connectivity index (χ3n) is 4.36. The van der Waals surface area contributed by atoms with Gasteiger partial charge < -0.3 is 24.8 Å². The molecule has 0 saturated carbocycles. The van der Waals surface area contributed by atoms with E-state index < -0.39 is 0 Å². The molecule has 3 rings (SSSR count). The number of hydrogen-bond donors (Lipinski definition) is 1. The number of carbonyl (C=O) groups excluding carboxylic acids is 1. The summed E-state index contributed by atoms with van der Waals surface area (Å²) in [5, 5.41) is 4.00. The number of ether oxygens (including phenoxy) is 1. The van der Waals surface area contributed by atoms with E-state index in [-0.39, 0.29) is 6.03 Å². The Morgan fingerprint density at radius 2 is 2.09 bits per heavy atom. The van der Waals surface area contributed by atoms with Gasteiger partial charge in [-0.05, 0) is 7.05 Å². The Kier molecular flexibility index (Phi) is 5.34. The normalized spacial score (nSPS) is 18.9. The predicted molar refractivity (Wildman–Crippen MR) is 91.2 cm³/mol. The fourth-order valence-electron chi connectivity index (χ4n) is 2.86. The molecule has 0 atom stereocenters.